The molecule has 0 aliphatic heterocycles. The van der Waals surface area contributed by atoms with Crippen LogP contribution in [0.15, 0.2) is 34.8 Å². The molecule has 0 aliphatic rings. The molecule has 2 N–H and O–H groups in total. The number of aryl methyl sites for hydroxylation is 1. The number of pyridine rings is 1. The summed E-state index contributed by atoms with van der Waals surface area (Å²) < 4.78 is 0.804. The molecule has 0 aliphatic carbocycles. The standard InChI is InChI=1S/C13H12BrClN2O/c1-8-5-6-12(18)11(17-8)7-16-10-4-2-3-9(15)13(10)14/h2-6,16,18H,7H2,1H3. The largest absolute Gasteiger partial charge is 0.506 e. The van der Waals surface area contributed by atoms with E-state index in [1.165, 1.54) is 0 Å². The van der Waals surface area contributed by atoms with Gasteiger partial charge < -0.3 is 10.4 Å². The van der Waals surface area contributed by atoms with Gasteiger partial charge in [0.05, 0.1) is 21.7 Å². The Morgan fingerprint density at radius 1 is 1.33 bits per heavy atom. The third-order valence-corrected chi connectivity index (χ3v) is 3.88. The lowest BCUT2D eigenvalue weighted by Gasteiger charge is -2.10. The van der Waals surface area contributed by atoms with Crippen molar-refractivity contribution in [3.05, 3.63) is 51.2 Å². The van der Waals surface area contributed by atoms with E-state index in [4.69, 9.17) is 11.6 Å². The molecule has 0 saturated heterocycles. The molecule has 0 atom stereocenters. The summed E-state index contributed by atoms with van der Waals surface area (Å²) in [5.41, 5.74) is 2.35. The van der Waals surface area contributed by atoms with Crippen LogP contribution >= 0.6 is 27.5 Å². The monoisotopic (exact) mass is 326 g/mol. The molecule has 0 amide bonds. The highest BCUT2D eigenvalue weighted by molar-refractivity contribution is 9.10. The summed E-state index contributed by atoms with van der Waals surface area (Å²) in [6.07, 6.45) is 0. The normalized spacial score (nSPS) is 10.4. The molecule has 2 aromatic rings. The van der Waals surface area contributed by atoms with Gasteiger partial charge in [0.25, 0.3) is 0 Å². The van der Waals surface area contributed by atoms with E-state index in [0.29, 0.717) is 17.3 Å². The van der Waals surface area contributed by atoms with Crippen molar-refractivity contribution in [2.75, 3.05) is 5.32 Å². The number of rotatable bonds is 3. The van der Waals surface area contributed by atoms with Gasteiger partial charge in [-0.05, 0) is 47.1 Å². The lowest BCUT2D eigenvalue weighted by molar-refractivity contribution is 0.464. The summed E-state index contributed by atoms with van der Waals surface area (Å²) in [7, 11) is 0. The van der Waals surface area contributed by atoms with Gasteiger partial charge in [0, 0.05) is 5.69 Å². The predicted octanol–water partition coefficient (Wildman–Crippen LogP) is 4.12. The van der Waals surface area contributed by atoms with E-state index in [-0.39, 0.29) is 5.75 Å². The first-order chi connectivity index (χ1) is 8.58. The Morgan fingerprint density at radius 2 is 2.11 bits per heavy atom. The van der Waals surface area contributed by atoms with E-state index in [1.54, 1.807) is 18.2 Å². The molecule has 1 aromatic heterocycles. The van der Waals surface area contributed by atoms with E-state index < -0.39 is 0 Å². The molecule has 5 heteroatoms. The summed E-state index contributed by atoms with van der Waals surface area (Å²) in [6.45, 7) is 2.32. The highest BCUT2D eigenvalue weighted by Crippen LogP contribution is 2.30. The fourth-order valence-corrected chi connectivity index (χ4v) is 2.13. The second-order valence-electron chi connectivity index (χ2n) is 3.87. The van der Waals surface area contributed by atoms with Crippen LogP contribution in [0.3, 0.4) is 0 Å². The number of nitrogens with one attached hydrogen (secondary N) is 1. The van der Waals surface area contributed by atoms with Gasteiger partial charge in [-0.3, -0.25) is 4.98 Å². The van der Waals surface area contributed by atoms with Gasteiger partial charge in [0.15, 0.2) is 0 Å². The van der Waals surface area contributed by atoms with Crippen molar-refractivity contribution in [3.8, 4) is 5.75 Å². The molecule has 3 nitrogen and oxygen atoms in total. The number of aromatic nitrogens is 1. The highest BCUT2D eigenvalue weighted by Gasteiger charge is 2.06. The first kappa shape index (κ1) is 13.2. The van der Waals surface area contributed by atoms with E-state index in [9.17, 15) is 5.11 Å². The zero-order valence-electron chi connectivity index (χ0n) is 9.74. The Hall–Kier alpha value is -1.26. The third-order valence-electron chi connectivity index (χ3n) is 2.49. The van der Waals surface area contributed by atoms with Gasteiger partial charge in [0.2, 0.25) is 0 Å². The first-order valence-corrected chi connectivity index (χ1v) is 6.58. The fourth-order valence-electron chi connectivity index (χ4n) is 1.55. The number of aromatic hydroxyl groups is 1. The van der Waals surface area contributed by atoms with Crippen LogP contribution in [0.2, 0.25) is 5.02 Å². The van der Waals surface area contributed by atoms with Crippen LogP contribution in [0.4, 0.5) is 5.69 Å². The van der Waals surface area contributed by atoms with E-state index in [0.717, 1.165) is 15.9 Å². The second-order valence-corrected chi connectivity index (χ2v) is 5.07. The van der Waals surface area contributed by atoms with Crippen molar-refractivity contribution in [2.45, 2.75) is 13.5 Å². The van der Waals surface area contributed by atoms with Crippen LogP contribution in [0.5, 0.6) is 5.75 Å². The van der Waals surface area contributed by atoms with E-state index in [1.807, 2.05) is 19.1 Å². The minimum Gasteiger partial charge on any atom is -0.506 e. The van der Waals surface area contributed by atoms with Gasteiger partial charge in [-0.2, -0.15) is 0 Å². The van der Waals surface area contributed by atoms with Gasteiger partial charge in [-0.25, -0.2) is 0 Å². The van der Waals surface area contributed by atoms with Crippen LogP contribution in [-0.4, -0.2) is 10.1 Å². The molecule has 0 bridgehead atoms. The topological polar surface area (TPSA) is 45.1 Å². The number of benzene rings is 1. The van der Waals surface area contributed by atoms with Crippen LogP contribution in [0, 0.1) is 6.92 Å². The van der Waals surface area contributed by atoms with Crippen LogP contribution in [0.25, 0.3) is 0 Å². The van der Waals surface area contributed by atoms with Crippen molar-refractivity contribution in [3.63, 3.8) is 0 Å². The Kier molecular flexibility index (Phi) is 4.09. The number of hydrogen-bond acceptors (Lipinski definition) is 3. The van der Waals surface area contributed by atoms with Gasteiger partial charge in [-0.1, -0.05) is 17.7 Å². The summed E-state index contributed by atoms with van der Waals surface area (Å²) in [4.78, 5) is 4.28. The zero-order valence-corrected chi connectivity index (χ0v) is 12.1. The quantitative estimate of drug-likeness (QED) is 0.891. The molecular weight excluding hydrogens is 316 g/mol. The minimum atomic E-state index is 0.186. The molecule has 18 heavy (non-hydrogen) atoms. The molecule has 0 saturated carbocycles. The SMILES string of the molecule is Cc1ccc(O)c(CNc2cccc(Cl)c2Br)n1. The molecule has 2 rings (SSSR count). The molecule has 1 heterocycles. The van der Waals surface area contributed by atoms with Crippen molar-refractivity contribution in [2.24, 2.45) is 0 Å². The predicted molar refractivity (Wildman–Crippen MR) is 77.1 cm³/mol. The van der Waals surface area contributed by atoms with Crippen LogP contribution in [0.1, 0.15) is 11.4 Å². The number of hydrogen-bond donors (Lipinski definition) is 2. The maximum Gasteiger partial charge on any atom is 0.138 e. The maximum absolute atomic E-state index is 9.70. The average Bonchev–Trinajstić information content (AvgIpc) is 2.35. The van der Waals surface area contributed by atoms with E-state index in [2.05, 4.69) is 26.2 Å². The molecular formula is C13H12BrClN2O. The third kappa shape index (κ3) is 2.94. The Labute approximate surface area is 119 Å². The minimum absolute atomic E-state index is 0.186. The molecule has 0 radical (unpaired) electrons. The van der Waals surface area contributed by atoms with Gasteiger partial charge in [0.1, 0.15) is 11.4 Å². The lowest BCUT2D eigenvalue weighted by atomic mass is 10.2. The van der Waals surface area contributed by atoms with Crippen molar-refractivity contribution >= 4 is 33.2 Å². The van der Waals surface area contributed by atoms with Crippen LogP contribution in [-0.2, 0) is 6.54 Å². The Balaban J connectivity index is 2.16. The maximum atomic E-state index is 9.70. The molecule has 1 aromatic carbocycles. The van der Waals surface area contributed by atoms with Crippen molar-refractivity contribution < 1.29 is 5.11 Å². The number of nitrogens with zero attached hydrogens (tertiary/aromatic N) is 1. The summed E-state index contributed by atoms with van der Waals surface area (Å²) in [5.74, 6) is 0.186. The Morgan fingerprint density at radius 3 is 2.89 bits per heavy atom. The second kappa shape index (κ2) is 5.59. The van der Waals surface area contributed by atoms with Crippen molar-refractivity contribution in [1.82, 2.24) is 4.98 Å². The number of halogens is 2. The zero-order chi connectivity index (χ0) is 13.1. The fraction of sp³-hybridized carbons (Fsp3) is 0.154. The van der Waals surface area contributed by atoms with Gasteiger partial charge in [-0.15, -0.1) is 0 Å². The molecule has 0 spiro atoms. The molecule has 0 unspecified atom stereocenters. The van der Waals surface area contributed by atoms with Crippen molar-refractivity contribution in [1.29, 1.82) is 0 Å². The van der Waals surface area contributed by atoms with E-state index >= 15 is 0 Å². The van der Waals surface area contributed by atoms with Gasteiger partial charge >= 0.3 is 0 Å². The first-order valence-electron chi connectivity index (χ1n) is 5.41. The average molecular weight is 328 g/mol. The molecule has 94 valence electrons. The molecule has 0 fully saturated rings. The summed E-state index contributed by atoms with van der Waals surface area (Å²) in [6, 6.07) is 8.99. The van der Waals surface area contributed by atoms with Crippen LogP contribution < -0.4 is 5.32 Å². The number of anilines is 1. The smallest absolute Gasteiger partial charge is 0.138 e. The summed E-state index contributed by atoms with van der Waals surface area (Å²) in [5, 5.41) is 13.5. The lowest BCUT2D eigenvalue weighted by Crippen LogP contribution is -2.03. The highest BCUT2D eigenvalue weighted by atomic mass is 79.9. The summed E-state index contributed by atoms with van der Waals surface area (Å²) >= 11 is 9.41. The Bertz CT molecular complexity index is 573.